The van der Waals surface area contributed by atoms with Crippen molar-refractivity contribution in [1.82, 2.24) is 0 Å². The molecule has 0 aliphatic heterocycles. The maximum Gasteiger partial charge on any atom is 0.303 e. The van der Waals surface area contributed by atoms with Gasteiger partial charge in [-0.3, -0.25) is 4.79 Å². The molecular formula is C8H15BrO2. The molecular weight excluding hydrogens is 208 g/mol. The summed E-state index contributed by atoms with van der Waals surface area (Å²) in [5.41, 5.74) is 0. The second-order valence-electron chi connectivity index (χ2n) is 2.67. The maximum absolute atomic E-state index is 10.2. The zero-order valence-electron chi connectivity index (χ0n) is 6.85. The van der Waals surface area contributed by atoms with Gasteiger partial charge in [-0.25, -0.2) is 0 Å². The van der Waals surface area contributed by atoms with E-state index >= 15 is 0 Å². The van der Waals surface area contributed by atoms with E-state index in [0.717, 1.165) is 12.8 Å². The Labute approximate surface area is 76.1 Å². The molecule has 2 nitrogen and oxygen atoms in total. The van der Waals surface area contributed by atoms with Gasteiger partial charge in [-0.2, -0.15) is 0 Å². The van der Waals surface area contributed by atoms with E-state index in [-0.39, 0.29) is 6.42 Å². The minimum absolute atomic E-state index is 0.277. The molecule has 0 radical (unpaired) electrons. The van der Waals surface area contributed by atoms with Gasteiger partial charge in [0.05, 0.1) is 0 Å². The van der Waals surface area contributed by atoms with E-state index in [1.807, 2.05) is 0 Å². The molecule has 0 bridgehead atoms. The first-order valence-electron chi connectivity index (χ1n) is 4.02. The number of hydrogen-bond donors (Lipinski definition) is 1. The van der Waals surface area contributed by atoms with Gasteiger partial charge in [0.1, 0.15) is 0 Å². The molecule has 0 aliphatic rings. The molecule has 0 aromatic rings. The summed E-state index contributed by atoms with van der Waals surface area (Å²) in [6.45, 7) is 2.14. The number of unbranched alkanes of at least 4 members (excludes halogenated alkanes) is 1. The van der Waals surface area contributed by atoms with Gasteiger partial charge in [0, 0.05) is 11.2 Å². The van der Waals surface area contributed by atoms with Crippen LogP contribution in [0.3, 0.4) is 0 Å². The third-order valence-electron chi connectivity index (χ3n) is 1.54. The van der Waals surface area contributed by atoms with Crippen molar-refractivity contribution in [3.8, 4) is 0 Å². The molecule has 0 saturated carbocycles. The van der Waals surface area contributed by atoms with Crippen molar-refractivity contribution in [3.63, 3.8) is 0 Å². The van der Waals surface area contributed by atoms with E-state index in [1.165, 1.54) is 12.8 Å². The molecule has 0 heterocycles. The monoisotopic (exact) mass is 222 g/mol. The maximum atomic E-state index is 10.2. The average Bonchev–Trinajstić information content (AvgIpc) is 1.97. The van der Waals surface area contributed by atoms with Crippen molar-refractivity contribution in [3.05, 3.63) is 0 Å². The molecule has 0 fully saturated rings. The van der Waals surface area contributed by atoms with E-state index < -0.39 is 5.97 Å². The van der Waals surface area contributed by atoms with Gasteiger partial charge in [0.15, 0.2) is 0 Å². The summed E-state index contributed by atoms with van der Waals surface area (Å²) in [4.78, 5) is 10.5. The number of alkyl halides is 1. The Morgan fingerprint density at radius 3 is 2.64 bits per heavy atom. The van der Waals surface area contributed by atoms with Crippen molar-refractivity contribution in [2.45, 2.75) is 43.9 Å². The zero-order valence-corrected chi connectivity index (χ0v) is 8.43. The Morgan fingerprint density at radius 2 is 2.18 bits per heavy atom. The topological polar surface area (TPSA) is 37.3 Å². The molecule has 1 N–H and O–H groups in total. The lowest BCUT2D eigenvalue weighted by Gasteiger charge is -2.05. The van der Waals surface area contributed by atoms with Crippen LogP contribution in [0.5, 0.6) is 0 Å². The summed E-state index contributed by atoms with van der Waals surface area (Å²) in [7, 11) is 0. The summed E-state index contributed by atoms with van der Waals surface area (Å²) in [6.07, 6.45) is 4.46. The number of carboxylic acids is 1. The predicted molar refractivity (Wildman–Crippen MR) is 49.1 cm³/mol. The highest BCUT2D eigenvalue weighted by molar-refractivity contribution is 9.09. The smallest absolute Gasteiger partial charge is 0.303 e. The van der Waals surface area contributed by atoms with Crippen LogP contribution in [0.2, 0.25) is 0 Å². The molecule has 0 amide bonds. The lowest BCUT2D eigenvalue weighted by molar-refractivity contribution is -0.137. The number of rotatable bonds is 6. The molecule has 0 spiro atoms. The van der Waals surface area contributed by atoms with Crippen molar-refractivity contribution >= 4 is 21.9 Å². The van der Waals surface area contributed by atoms with E-state index in [4.69, 9.17) is 5.11 Å². The highest BCUT2D eigenvalue weighted by atomic mass is 79.9. The number of hydrogen-bond acceptors (Lipinski definition) is 1. The highest BCUT2D eigenvalue weighted by Gasteiger charge is 2.05. The van der Waals surface area contributed by atoms with Gasteiger partial charge in [-0.05, 0) is 12.8 Å². The van der Waals surface area contributed by atoms with Crippen LogP contribution in [0.1, 0.15) is 39.0 Å². The molecule has 0 aliphatic carbocycles. The van der Waals surface area contributed by atoms with Crippen molar-refractivity contribution < 1.29 is 9.90 Å². The Balaban J connectivity index is 3.22. The average molecular weight is 223 g/mol. The number of carbonyl (C=O) groups is 1. The lowest BCUT2D eigenvalue weighted by atomic mass is 10.1. The summed E-state index contributed by atoms with van der Waals surface area (Å²) in [6, 6.07) is 0. The van der Waals surface area contributed by atoms with E-state index in [1.54, 1.807) is 0 Å². The minimum Gasteiger partial charge on any atom is -0.481 e. The number of halogens is 1. The fourth-order valence-corrected chi connectivity index (χ4v) is 1.40. The molecule has 1 atom stereocenters. The van der Waals surface area contributed by atoms with Crippen LogP contribution in [0, 0.1) is 0 Å². The van der Waals surface area contributed by atoms with Crippen molar-refractivity contribution in [1.29, 1.82) is 0 Å². The SMILES string of the molecule is CCCCC(Br)CCC(=O)O. The van der Waals surface area contributed by atoms with Crippen LogP contribution < -0.4 is 0 Å². The summed E-state index contributed by atoms with van der Waals surface area (Å²) in [5, 5.41) is 8.37. The van der Waals surface area contributed by atoms with Gasteiger partial charge in [-0.1, -0.05) is 35.7 Å². The predicted octanol–water partition coefficient (Wildman–Crippen LogP) is 2.80. The van der Waals surface area contributed by atoms with Gasteiger partial charge < -0.3 is 5.11 Å². The number of aliphatic carboxylic acids is 1. The third-order valence-corrected chi connectivity index (χ3v) is 2.46. The summed E-state index contributed by atoms with van der Waals surface area (Å²) in [5.74, 6) is -0.703. The third kappa shape index (κ3) is 7.85. The molecule has 0 aromatic carbocycles. The van der Waals surface area contributed by atoms with Gasteiger partial charge >= 0.3 is 5.97 Å². The van der Waals surface area contributed by atoms with Crippen LogP contribution in [-0.4, -0.2) is 15.9 Å². The summed E-state index contributed by atoms with van der Waals surface area (Å²) >= 11 is 3.44. The van der Waals surface area contributed by atoms with Gasteiger partial charge in [0.25, 0.3) is 0 Å². The standard InChI is InChI=1S/C8H15BrO2/c1-2-3-4-7(9)5-6-8(10)11/h7H,2-6H2,1H3,(H,10,11). The normalized spacial score (nSPS) is 12.9. The van der Waals surface area contributed by atoms with Crippen LogP contribution in [-0.2, 0) is 4.79 Å². The molecule has 3 heteroatoms. The second-order valence-corrected chi connectivity index (χ2v) is 3.97. The fraction of sp³-hybridized carbons (Fsp3) is 0.875. The Kier molecular flexibility index (Phi) is 6.62. The van der Waals surface area contributed by atoms with Crippen LogP contribution in [0.15, 0.2) is 0 Å². The van der Waals surface area contributed by atoms with Crippen LogP contribution >= 0.6 is 15.9 Å². The van der Waals surface area contributed by atoms with Gasteiger partial charge in [-0.15, -0.1) is 0 Å². The van der Waals surface area contributed by atoms with E-state index in [9.17, 15) is 4.79 Å². The Morgan fingerprint density at radius 1 is 1.55 bits per heavy atom. The van der Waals surface area contributed by atoms with Crippen LogP contribution in [0.25, 0.3) is 0 Å². The highest BCUT2D eigenvalue weighted by Crippen LogP contribution is 2.15. The first-order valence-corrected chi connectivity index (χ1v) is 4.94. The quantitative estimate of drug-likeness (QED) is 0.703. The fourth-order valence-electron chi connectivity index (χ4n) is 0.850. The summed E-state index contributed by atoms with van der Waals surface area (Å²) < 4.78 is 0. The molecule has 1 unspecified atom stereocenters. The van der Waals surface area contributed by atoms with Crippen molar-refractivity contribution in [2.24, 2.45) is 0 Å². The first-order chi connectivity index (χ1) is 5.16. The first kappa shape index (κ1) is 11.0. The van der Waals surface area contributed by atoms with Gasteiger partial charge in [0.2, 0.25) is 0 Å². The number of carboxylic acid groups (broad SMARTS) is 1. The minimum atomic E-state index is -0.703. The zero-order chi connectivity index (χ0) is 8.69. The molecule has 0 rings (SSSR count). The second kappa shape index (κ2) is 6.65. The largest absolute Gasteiger partial charge is 0.481 e. The molecule has 11 heavy (non-hydrogen) atoms. The van der Waals surface area contributed by atoms with E-state index in [0.29, 0.717) is 4.83 Å². The molecule has 0 saturated heterocycles. The van der Waals surface area contributed by atoms with E-state index in [2.05, 4.69) is 22.9 Å². The Bertz CT molecular complexity index is 115. The lowest BCUT2D eigenvalue weighted by Crippen LogP contribution is -2.02. The molecule has 0 aromatic heterocycles. The van der Waals surface area contributed by atoms with Crippen molar-refractivity contribution in [2.75, 3.05) is 0 Å². The molecule has 66 valence electrons. The van der Waals surface area contributed by atoms with Crippen LogP contribution in [0.4, 0.5) is 0 Å². The Hall–Kier alpha value is -0.0500.